The summed E-state index contributed by atoms with van der Waals surface area (Å²) in [5, 5.41) is 2.86. The molecule has 2 heterocycles. The zero-order valence-electron chi connectivity index (χ0n) is 17.9. The average Bonchev–Trinajstić information content (AvgIpc) is 2.83. The lowest BCUT2D eigenvalue weighted by Gasteiger charge is -2.33. The molecule has 164 valence electrons. The number of amides is 1. The van der Waals surface area contributed by atoms with E-state index in [1.54, 1.807) is 30.5 Å². The largest absolute Gasteiger partial charge is 0.354 e. The summed E-state index contributed by atoms with van der Waals surface area (Å²) in [6, 6.07) is 15.9. The van der Waals surface area contributed by atoms with Crippen LogP contribution in [0.2, 0.25) is 0 Å². The van der Waals surface area contributed by atoms with Crippen LogP contribution in [0.5, 0.6) is 0 Å². The van der Waals surface area contributed by atoms with Gasteiger partial charge in [-0.25, -0.2) is 9.37 Å². The first-order chi connectivity index (χ1) is 15.5. The fourth-order valence-electron chi connectivity index (χ4n) is 3.66. The molecule has 4 rings (SSSR count). The number of anilines is 1. The number of nitrogens with one attached hydrogen (secondary N) is 1. The number of hydrogen-bond acceptors (Lipinski definition) is 5. The number of benzene rings is 2. The molecular weight excluding hydrogens is 407 g/mol. The molecule has 0 unspecified atom stereocenters. The van der Waals surface area contributed by atoms with E-state index in [1.807, 2.05) is 12.1 Å². The Balaban J connectivity index is 1.41. The summed E-state index contributed by atoms with van der Waals surface area (Å²) in [4.78, 5) is 34.7. The molecule has 3 aromatic rings. The summed E-state index contributed by atoms with van der Waals surface area (Å²) in [6.45, 7) is 4.20. The lowest BCUT2D eigenvalue weighted by molar-refractivity contribution is 0.0939. The van der Waals surface area contributed by atoms with Crippen LogP contribution in [0.4, 0.5) is 10.2 Å². The molecule has 1 amide bonds. The van der Waals surface area contributed by atoms with E-state index < -0.39 is 5.82 Å². The summed E-state index contributed by atoms with van der Waals surface area (Å²) >= 11 is 0. The molecule has 0 spiro atoms. The van der Waals surface area contributed by atoms with Crippen LogP contribution in [-0.4, -0.2) is 54.8 Å². The smallest absolute Gasteiger partial charge is 0.252 e. The highest BCUT2D eigenvalue weighted by Gasteiger charge is 2.18. The molecule has 1 aliphatic rings. The van der Waals surface area contributed by atoms with Crippen LogP contribution >= 0.6 is 0 Å². The summed E-state index contributed by atoms with van der Waals surface area (Å²) in [5.74, 6) is -0.156. The molecule has 1 aromatic heterocycles. The van der Waals surface area contributed by atoms with E-state index in [1.165, 1.54) is 24.3 Å². The van der Waals surface area contributed by atoms with Crippen molar-refractivity contribution in [2.45, 2.75) is 6.54 Å². The monoisotopic (exact) mass is 432 g/mol. The van der Waals surface area contributed by atoms with Crippen LogP contribution in [-0.2, 0) is 6.54 Å². The Morgan fingerprint density at radius 3 is 2.28 bits per heavy atom. The molecule has 0 aliphatic carbocycles. The van der Waals surface area contributed by atoms with E-state index >= 15 is 0 Å². The van der Waals surface area contributed by atoms with Crippen LogP contribution in [0.25, 0.3) is 0 Å². The Hall–Kier alpha value is -3.58. The van der Waals surface area contributed by atoms with E-state index in [-0.39, 0.29) is 22.8 Å². The molecule has 32 heavy (non-hydrogen) atoms. The van der Waals surface area contributed by atoms with E-state index in [0.717, 1.165) is 37.6 Å². The van der Waals surface area contributed by atoms with Crippen molar-refractivity contribution >= 4 is 17.5 Å². The average molecular weight is 432 g/mol. The van der Waals surface area contributed by atoms with E-state index in [4.69, 9.17) is 0 Å². The van der Waals surface area contributed by atoms with Crippen molar-refractivity contribution in [3.63, 3.8) is 0 Å². The summed E-state index contributed by atoms with van der Waals surface area (Å²) in [5.41, 5.74) is 1.76. The Morgan fingerprint density at radius 2 is 1.62 bits per heavy atom. The van der Waals surface area contributed by atoms with Crippen LogP contribution < -0.4 is 10.2 Å². The van der Waals surface area contributed by atoms with Gasteiger partial charge >= 0.3 is 0 Å². The maximum absolute atomic E-state index is 13.2. The van der Waals surface area contributed by atoms with Gasteiger partial charge in [0.05, 0.1) is 5.56 Å². The number of rotatable bonds is 6. The molecule has 7 heteroatoms. The predicted molar refractivity (Wildman–Crippen MR) is 121 cm³/mol. The van der Waals surface area contributed by atoms with Crippen molar-refractivity contribution in [3.05, 3.63) is 94.9 Å². The molecule has 0 saturated carbocycles. The number of carbonyl (C=O) groups excluding carboxylic acids is 2. The van der Waals surface area contributed by atoms with Crippen LogP contribution in [0.1, 0.15) is 31.8 Å². The molecule has 1 fully saturated rings. The van der Waals surface area contributed by atoms with Crippen molar-refractivity contribution in [1.82, 2.24) is 15.2 Å². The van der Waals surface area contributed by atoms with E-state index in [2.05, 4.69) is 27.1 Å². The quantitative estimate of drug-likeness (QED) is 0.607. The van der Waals surface area contributed by atoms with Crippen molar-refractivity contribution in [1.29, 1.82) is 0 Å². The highest BCUT2D eigenvalue weighted by Crippen LogP contribution is 2.17. The number of aromatic nitrogens is 1. The molecule has 1 saturated heterocycles. The highest BCUT2D eigenvalue weighted by atomic mass is 19.1. The molecule has 1 aliphatic heterocycles. The number of pyridine rings is 1. The lowest BCUT2D eigenvalue weighted by atomic mass is 9.98. The molecule has 0 bridgehead atoms. The van der Waals surface area contributed by atoms with Gasteiger partial charge in [-0.15, -0.1) is 0 Å². The minimum absolute atomic E-state index is 0.278. The van der Waals surface area contributed by atoms with Gasteiger partial charge in [-0.2, -0.15) is 0 Å². The number of halogens is 1. The first kappa shape index (κ1) is 21.6. The van der Waals surface area contributed by atoms with Gasteiger partial charge in [0.15, 0.2) is 5.78 Å². The van der Waals surface area contributed by atoms with Gasteiger partial charge in [0, 0.05) is 50.0 Å². The number of nitrogens with zero attached hydrogens (tertiary/aromatic N) is 3. The van der Waals surface area contributed by atoms with Crippen molar-refractivity contribution < 1.29 is 14.0 Å². The zero-order chi connectivity index (χ0) is 22.5. The molecule has 2 aromatic carbocycles. The molecule has 6 nitrogen and oxygen atoms in total. The minimum Gasteiger partial charge on any atom is -0.354 e. The standard InChI is InChI=1S/C25H25FN4O2/c1-29-12-14-30(15-13-29)23-11-6-18(16-27-23)17-28-25(32)22-5-3-2-4-21(22)24(31)19-7-9-20(26)10-8-19/h2-11,16H,12-15,17H2,1H3,(H,28,32). The molecule has 1 N–H and O–H groups in total. The highest BCUT2D eigenvalue weighted by molar-refractivity contribution is 6.15. The van der Waals surface area contributed by atoms with Gasteiger partial charge in [-0.05, 0) is 49.0 Å². The van der Waals surface area contributed by atoms with Gasteiger partial charge in [0.1, 0.15) is 11.6 Å². The maximum Gasteiger partial charge on any atom is 0.252 e. The van der Waals surface area contributed by atoms with Crippen LogP contribution in [0.3, 0.4) is 0 Å². The van der Waals surface area contributed by atoms with E-state index in [0.29, 0.717) is 12.1 Å². The number of hydrogen-bond donors (Lipinski definition) is 1. The Labute approximate surface area is 186 Å². The van der Waals surface area contributed by atoms with Gasteiger partial charge in [-0.1, -0.05) is 24.3 Å². The van der Waals surface area contributed by atoms with Gasteiger partial charge in [-0.3, -0.25) is 9.59 Å². The number of likely N-dealkylation sites (N-methyl/N-ethyl adjacent to an activating group) is 1. The maximum atomic E-state index is 13.2. The molecular formula is C25H25FN4O2. The number of carbonyl (C=O) groups is 2. The third-order valence-corrected chi connectivity index (χ3v) is 5.61. The van der Waals surface area contributed by atoms with E-state index in [9.17, 15) is 14.0 Å². The van der Waals surface area contributed by atoms with Crippen LogP contribution in [0, 0.1) is 5.82 Å². The first-order valence-electron chi connectivity index (χ1n) is 10.6. The third-order valence-electron chi connectivity index (χ3n) is 5.61. The summed E-state index contributed by atoms with van der Waals surface area (Å²) in [7, 11) is 2.11. The van der Waals surface area contributed by atoms with Gasteiger partial charge < -0.3 is 15.1 Å². The van der Waals surface area contributed by atoms with Crippen molar-refractivity contribution in [2.24, 2.45) is 0 Å². The fraction of sp³-hybridized carbons (Fsp3) is 0.240. The second-order valence-corrected chi connectivity index (χ2v) is 7.88. The number of piperazine rings is 1. The normalized spacial score (nSPS) is 14.2. The molecule has 0 atom stereocenters. The SMILES string of the molecule is CN1CCN(c2ccc(CNC(=O)c3ccccc3C(=O)c3ccc(F)cc3)cn2)CC1. The molecule has 0 radical (unpaired) electrons. The predicted octanol–water partition coefficient (Wildman–Crippen LogP) is 3.13. The second-order valence-electron chi connectivity index (χ2n) is 7.88. The Morgan fingerprint density at radius 1 is 0.938 bits per heavy atom. The first-order valence-corrected chi connectivity index (χ1v) is 10.6. The van der Waals surface area contributed by atoms with Crippen LogP contribution in [0.15, 0.2) is 66.9 Å². The second kappa shape index (κ2) is 9.70. The van der Waals surface area contributed by atoms with Crippen molar-refractivity contribution in [2.75, 3.05) is 38.1 Å². The zero-order valence-corrected chi connectivity index (χ0v) is 17.9. The topological polar surface area (TPSA) is 65.5 Å². The summed E-state index contributed by atoms with van der Waals surface area (Å²) < 4.78 is 13.2. The summed E-state index contributed by atoms with van der Waals surface area (Å²) in [6.07, 6.45) is 1.77. The third kappa shape index (κ3) is 5.00. The lowest BCUT2D eigenvalue weighted by Crippen LogP contribution is -2.44. The Bertz CT molecular complexity index is 1090. The fourth-order valence-corrected chi connectivity index (χ4v) is 3.66. The minimum atomic E-state index is -0.417. The Kier molecular flexibility index (Phi) is 6.56. The van der Waals surface area contributed by atoms with Crippen molar-refractivity contribution in [3.8, 4) is 0 Å². The van der Waals surface area contributed by atoms with Gasteiger partial charge in [0.25, 0.3) is 5.91 Å². The van der Waals surface area contributed by atoms with Gasteiger partial charge in [0.2, 0.25) is 0 Å². The number of ketones is 1.